The van der Waals surface area contributed by atoms with E-state index in [4.69, 9.17) is 16.3 Å². The number of pyridine rings is 1. The number of amides is 1. The normalized spacial score (nSPS) is 10.2. The van der Waals surface area contributed by atoms with Crippen molar-refractivity contribution in [3.63, 3.8) is 0 Å². The minimum Gasteiger partial charge on any atom is -0.383 e. The minimum absolute atomic E-state index is 0.00414. The van der Waals surface area contributed by atoms with E-state index >= 15 is 0 Å². The maximum atomic E-state index is 12.0. The molecule has 0 fully saturated rings. The number of hydrogen-bond acceptors (Lipinski definition) is 5. The van der Waals surface area contributed by atoms with Gasteiger partial charge in [-0.2, -0.15) is 0 Å². The summed E-state index contributed by atoms with van der Waals surface area (Å²) in [5.41, 5.74) is -0.271. The number of halogens is 1. The first-order valence-corrected chi connectivity index (χ1v) is 5.39. The molecule has 0 atom stereocenters. The lowest BCUT2D eigenvalue weighted by molar-refractivity contribution is -0.385. The van der Waals surface area contributed by atoms with Crippen LogP contribution in [0.3, 0.4) is 0 Å². The molecular weight excluding hydrogens is 262 g/mol. The molecule has 1 rings (SSSR count). The van der Waals surface area contributed by atoms with Gasteiger partial charge in [0, 0.05) is 26.8 Å². The van der Waals surface area contributed by atoms with Crippen molar-refractivity contribution in [2.75, 3.05) is 27.3 Å². The number of rotatable bonds is 5. The lowest BCUT2D eigenvalue weighted by Crippen LogP contribution is -2.30. The molecule has 18 heavy (non-hydrogen) atoms. The standard InChI is InChI=1S/C10H12ClN3O4/c1-13(3-4-18-2)10(15)8-5-7(14(16)17)6-12-9(8)11/h5-6H,3-4H2,1-2H3. The molecule has 7 nitrogen and oxygen atoms in total. The Labute approximate surface area is 108 Å². The van der Waals surface area contributed by atoms with Gasteiger partial charge in [0.1, 0.15) is 11.3 Å². The molecule has 0 aromatic carbocycles. The van der Waals surface area contributed by atoms with Crippen LogP contribution in [0.1, 0.15) is 10.4 Å². The van der Waals surface area contributed by atoms with Crippen LogP contribution in [-0.2, 0) is 4.74 Å². The van der Waals surface area contributed by atoms with E-state index in [9.17, 15) is 14.9 Å². The number of carbonyl (C=O) groups excluding carboxylic acids is 1. The zero-order valence-electron chi connectivity index (χ0n) is 9.92. The maximum Gasteiger partial charge on any atom is 0.288 e. The SMILES string of the molecule is COCCN(C)C(=O)c1cc([N+](=O)[O-])cnc1Cl. The van der Waals surface area contributed by atoms with Gasteiger partial charge in [-0.3, -0.25) is 14.9 Å². The first kappa shape index (κ1) is 14.3. The van der Waals surface area contributed by atoms with Gasteiger partial charge >= 0.3 is 0 Å². The summed E-state index contributed by atoms with van der Waals surface area (Å²) in [6, 6.07) is 1.11. The van der Waals surface area contributed by atoms with Crippen molar-refractivity contribution in [1.29, 1.82) is 0 Å². The van der Waals surface area contributed by atoms with E-state index in [0.717, 1.165) is 12.3 Å². The van der Waals surface area contributed by atoms with Gasteiger partial charge in [0.2, 0.25) is 0 Å². The molecule has 0 radical (unpaired) electrons. The quantitative estimate of drug-likeness (QED) is 0.459. The van der Waals surface area contributed by atoms with E-state index in [0.29, 0.717) is 13.2 Å². The third-order valence-electron chi connectivity index (χ3n) is 2.24. The Morgan fingerprint density at radius 3 is 2.89 bits per heavy atom. The second-order valence-corrected chi connectivity index (χ2v) is 3.87. The fourth-order valence-electron chi connectivity index (χ4n) is 1.22. The number of nitrogens with zero attached hydrogens (tertiary/aromatic N) is 3. The Kier molecular flexibility index (Phi) is 4.99. The van der Waals surface area contributed by atoms with Crippen LogP contribution in [0.25, 0.3) is 0 Å². The zero-order valence-corrected chi connectivity index (χ0v) is 10.7. The highest BCUT2D eigenvalue weighted by atomic mass is 35.5. The Hall–Kier alpha value is -1.73. The van der Waals surface area contributed by atoms with Crippen molar-refractivity contribution in [3.05, 3.63) is 33.1 Å². The molecule has 1 aromatic rings. The topological polar surface area (TPSA) is 85.6 Å². The zero-order chi connectivity index (χ0) is 13.7. The minimum atomic E-state index is -0.630. The van der Waals surface area contributed by atoms with Crippen molar-refractivity contribution in [1.82, 2.24) is 9.88 Å². The molecule has 1 heterocycles. The third kappa shape index (κ3) is 3.38. The number of ether oxygens (including phenoxy) is 1. The Morgan fingerprint density at radius 1 is 1.67 bits per heavy atom. The van der Waals surface area contributed by atoms with Crippen LogP contribution in [0, 0.1) is 10.1 Å². The second kappa shape index (κ2) is 6.27. The Balaban J connectivity index is 2.97. The second-order valence-electron chi connectivity index (χ2n) is 3.51. The summed E-state index contributed by atoms with van der Waals surface area (Å²) in [7, 11) is 3.07. The van der Waals surface area contributed by atoms with E-state index in [1.807, 2.05) is 0 Å². The number of nitro groups is 1. The Bertz CT molecular complexity index is 466. The molecule has 0 aliphatic rings. The van der Waals surface area contributed by atoms with Gasteiger partial charge in [0.25, 0.3) is 11.6 Å². The highest BCUT2D eigenvalue weighted by Gasteiger charge is 2.19. The molecule has 0 bridgehead atoms. The highest BCUT2D eigenvalue weighted by molar-refractivity contribution is 6.32. The summed E-state index contributed by atoms with van der Waals surface area (Å²) in [6.07, 6.45) is 1.01. The van der Waals surface area contributed by atoms with Crippen molar-refractivity contribution in [2.24, 2.45) is 0 Å². The largest absolute Gasteiger partial charge is 0.383 e. The van der Waals surface area contributed by atoms with E-state index in [1.54, 1.807) is 7.05 Å². The van der Waals surface area contributed by atoms with Crippen LogP contribution < -0.4 is 0 Å². The van der Waals surface area contributed by atoms with Crippen LogP contribution in [0.2, 0.25) is 5.15 Å². The van der Waals surface area contributed by atoms with Gasteiger partial charge in [0.15, 0.2) is 0 Å². The lowest BCUT2D eigenvalue weighted by atomic mass is 10.2. The highest BCUT2D eigenvalue weighted by Crippen LogP contribution is 2.20. The van der Waals surface area contributed by atoms with Gasteiger partial charge in [-0.1, -0.05) is 11.6 Å². The molecule has 0 N–H and O–H groups in total. The van der Waals surface area contributed by atoms with E-state index in [-0.39, 0.29) is 16.4 Å². The molecule has 98 valence electrons. The van der Waals surface area contributed by atoms with Crippen LogP contribution in [0.5, 0.6) is 0 Å². The van der Waals surface area contributed by atoms with Gasteiger partial charge in [-0.25, -0.2) is 4.98 Å². The number of methoxy groups -OCH3 is 1. The summed E-state index contributed by atoms with van der Waals surface area (Å²) in [5.74, 6) is -0.437. The van der Waals surface area contributed by atoms with Gasteiger partial charge in [-0.15, -0.1) is 0 Å². The van der Waals surface area contributed by atoms with Crippen LogP contribution >= 0.6 is 11.6 Å². The molecule has 0 saturated carbocycles. The summed E-state index contributed by atoms with van der Waals surface area (Å²) in [5, 5.41) is 10.5. The van der Waals surface area contributed by atoms with E-state index in [2.05, 4.69) is 4.98 Å². The van der Waals surface area contributed by atoms with Crippen molar-refractivity contribution in [2.45, 2.75) is 0 Å². The molecule has 1 aromatic heterocycles. The van der Waals surface area contributed by atoms with Gasteiger partial charge in [0.05, 0.1) is 17.1 Å². The molecule has 0 saturated heterocycles. The van der Waals surface area contributed by atoms with Crippen molar-refractivity contribution >= 4 is 23.2 Å². The number of carbonyl (C=O) groups is 1. The summed E-state index contributed by atoms with van der Waals surface area (Å²) in [4.78, 5) is 26.9. The average molecular weight is 274 g/mol. The monoisotopic (exact) mass is 273 g/mol. The fourth-order valence-corrected chi connectivity index (χ4v) is 1.41. The van der Waals surface area contributed by atoms with Crippen molar-refractivity contribution < 1.29 is 14.5 Å². The number of hydrogen-bond donors (Lipinski definition) is 0. The summed E-state index contributed by atoms with van der Waals surface area (Å²) in [6.45, 7) is 0.719. The maximum absolute atomic E-state index is 12.0. The smallest absolute Gasteiger partial charge is 0.288 e. The van der Waals surface area contributed by atoms with E-state index in [1.165, 1.54) is 12.0 Å². The van der Waals surface area contributed by atoms with Gasteiger partial charge in [-0.05, 0) is 0 Å². The predicted molar refractivity (Wildman–Crippen MR) is 64.7 cm³/mol. The van der Waals surface area contributed by atoms with Gasteiger partial charge < -0.3 is 9.64 Å². The first-order chi connectivity index (χ1) is 8.47. The van der Waals surface area contributed by atoms with E-state index < -0.39 is 10.8 Å². The summed E-state index contributed by atoms with van der Waals surface area (Å²) >= 11 is 5.76. The summed E-state index contributed by atoms with van der Waals surface area (Å²) < 4.78 is 4.84. The van der Waals surface area contributed by atoms with Crippen LogP contribution in [0.4, 0.5) is 5.69 Å². The molecule has 1 amide bonds. The molecule has 0 spiro atoms. The van der Waals surface area contributed by atoms with Crippen molar-refractivity contribution in [3.8, 4) is 0 Å². The number of likely N-dealkylation sites (N-methyl/N-ethyl adjacent to an activating group) is 1. The molecular formula is C10H12ClN3O4. The average Bonchev–Trinajstić information content (AvgIpc) is 2.35. The third-order valence-corrected chi connectivity index (χ3v) is 2.54. The predicted octanol–water partition coefficient (Wildman–Crippen LogP) is 1.36. The molecule has 0 unspecified atom stereocenters. The molecule has 0 aliphatic carbocycles. The first-order valence-electron chi connectivity index (χ1n) is 5.01. The fraction of sp³-hybridized carbons (Fsp3) is 0.400. The molecule has 8 heteroatoms. The molecule has 0 aliphatic heterocycles. The van der Waals surface area contributed by atoms with Crippen LogP contribution in [0.15, 0.2) is 12.3 Å². The number of aromatic nitrogens is 1. The lowest BCUT2D eigenvalue weighted by Gasteiger charge is -2.16. The van der Waals surface area contributed by atoms with Crippen LogP contribution in [-0.4, -0.2) is 48.0 Å². The Morgan fingerprint density at radius 2 is 2.33 bits per heavy atom.